The molecule has 0 radical (unpaired) electrons. The van der Waals surface area contributed by atoms with Crippen LogP contribution in [0.1, 0.15) is 88.2 Å². The molecule has 0 spiro atoms. The third kappa shape index (κ3) is 18.1. The number of nitrogens with zero attached hydrogens (tertiary/aromatic N) is 2. The van der Waals surface area contributed by atoms with Gasteiger partial charge in [0, 0.05) is 0 Å². The van der Waals surface area contributed by atoms with Gasteiger partial charge in [-0.2, -0.15) is 0 Å². The molecule has 44 heavy (non-hydrogen) atoms. The Kier molecular flexibility index (Phi) is 16.5. The van der Waals surface area contributed by atoms with Gasteiger partial charge in [0.25, 0.3) is 0 Å². The summed E-state index contributed by atoms with van der Waals surface area (Å²) in [5.74, 6) is -1.47. The number of aromatic nitrogens is 2. The summed E-state index contributed by atoms with van der Waals surface area (Å²) in [5.41, 5.74) is 3.82. The van der Waals surface area contributed by atoms with Crippen LogP contribution in [0.5, 0.6) is 0 Å². The Hall–Kier alpha value is -2.83. The molecular formula is C26H37Br2N3O11S2. The highest BCUT2D eigenvalue weighted by Crippen LogP contribution is 2.26. The van der Waals surface area contributed by atoms with Crippen LogP contribution < -0.4 is 5.73 Å². The lowest BCUT2D eigenvalue weighted by Gasteiger charge is -2.20. The summed E-state index contributed by atoms with van der Waals surface area (Å²) < 4.78 is 29.1. The van der Waals surface area contributed by atoms with Gasteiger partial charge in [0.05, 0.1) is 25.5 Å². The van der Waals surface area contributed by atoms with Gasteiger partial charge < -0.3 is 34.2 Å². The number of carbonyl (C=O) groups excluding carboxylic acids is 5. The predicted molar refractivity (Wildman–Crippen MR) is 170 cm³/mol. The van der Waals surface area contributed by atoms with E-state index in [1.54, 1.807) is 62.3 Å². The number of hydrogen-bond donors (Lipinski definition) is 1. The number of methoxy groups -OCH3 is 2. The highest BCUT2D eigenvalue weighted by Gasteiger charge is 2.25. The van der Waals surface area contributed by atoms with Crippen molar-refractivity contribution in [1.29, 1.82) is 0 Å². The normalized spacial score (nSPS) is 11.0. The summed E-state index contributed by atoms with van der Waals surface area (Å²) in [5, 5.41) is 0.365. The summed E-state index contributed by atoms with van der Waals surface area (Å²) in [6.07, 6.45) is -2.11. The van der Waals surface area contributed by atoms with Crippen molar-refractivity contribution < 1.29 is 52.4 Å². The molecule has 248 valence electrons. The molecular weight excluding hydrogens is 754 g/mol. The molecule has 0 saturated carbocycles. The molecule has 0 aromatic carbocycles. The lowest BCUT2D eigenvalue weighted by atomic mass is 10.2. The molecule has 0 aliphatic carbocycles. The molecule has 14 nitrogen and oxygen atoms in total. The first kappa shape index (κ1) is 41.2. The van der Waals surface area contributed by atoms with Crippen molar-refractivity contribution in [2.75, 3.05) is 20.0 Å². The van der Waals surface area contributed by atoms with E-state index in [1.807, 2.05) is 0 Å². The molecule has 2 aromatic rings. The monoisotopic (exact) mass is 789 g/mol. The van der Waals surface area contributed by atoms with Crippen molar-refractivity contribution >= 4 is 89.8 Å². The molecule has 0 bridgehead atoms. The highest BCUT2D eigenvalue weighted by atomic mass is 79.9. The maximum Gasteiger partial charge on any atom is 0.519 e. The molecule has 0 unspecified atom stereocenters. The Morgan fingerprint density at radius 1 is 0.682 bits per heavy atom. The number of carbonyl (C=O) groups is 5. The van der Waals surface area contributed by atoms with E-state index in [2.05, 4.69) is 56.0 Å². The van der Waals surface area contributed by atoms with E-state index < -0.39 is 47.0 Å². The molecule has 0 fully saturated rings. The maximum absolute atomic E-state index is 11.7. The number of halogens is 2. The van der Waals surface area contributed by atoms with Crippen LogP contribution in [-0.2, 0) is 39.6 Å². The van der Waals surface area contributed by atoms with Crippen LogP contribution >= 0.6 is 54.5 Å². The number of hydrogen-bond acceptors (Lipinski definition) is 16. The van der Waals surface area contributed by atoms with Gasteiger partial charge in [0.1, 0.15) is 21.8 Å². The Balaban J connectivity index is 0.000000649. The third-order valence-electron chi connectivity index (χ3n) is 3.73. The van der Waals surface area contributed by atoms with Gasteiger partial charge in [-0.15, -0.1) is 11.3 Å². The predicted octanol–water partition coefficient (Wildman–Crippen LogP) is 6.72. The van der Waals surface area contributed by atoms with E-state index in [0.717, 1.165) is 0 Å². The average molecular weight is 792 g/mol. The average Bonchev–Trinajstić information content (AvgIpc) is 3.35. The molecule has 18 heteroatoms. The molecule has 0 aliphatic heterocycles. The first-order chi connectivity index (χ1) is 19.9. The highest BCUT2D eigenvalue weighted by molar-refractivity contribution is 9.11. The molecule has 2 N–H and O–H groups in total. The summed E-state index contributed by atoms with van der Waals surface area (Å²) in [4.78, 5) is 64.4. The molecule has 0 saturated heterocycles. The zero-order chi connectivity index (χ0) is 34.6. The van der Waals surface area contributed by atoms with Gasteiger partial charge in [0.15, 0.2) is 19.2 Å². The minimum atomic E-state index is -1.06. The second kappa shape index (κ2) is 17.6. The fraction of sp³-hybridized carbons (Fsp3) is 0.577. The molecule has 2 rings (SSSR count). The number of nitrogen functional groups attached to an aromatic ring is 1. The van der Waals surface area contributed by atoms with Gasteiger partial charge in [-0.1, -0.05) is 11.3 Å². The number of anilines is 1. The number of nitrogens with two attached hydrogens (primary N) is 1. The van der Waals surface area contributed by atoms with Gasteiger partial charge in [-0.25, -0.2) is 29.1 Å². The molecule has 0 aliphatic rings. The van der Waals surface area contributed by atoms with E-state index in [1.165, 1.54) is 36.9 Å². The van der Waals surface area contributed by atoms with Crippen LogP contribution in [0.3, 0.4) is 0 Å². The van der Waals surface area contributed by atoms with Crippen LogP contribution in [0, 0.1) is 0 Å². The quantitative estimate of drug-likeness (QED) is 0.195. The van der Waals surface area contributed by atoms with Crippen molar-refractivity contribution in [1.82, 2.24) is 9.97 Å². The van der Waals surface area contributed by atoms with E-state index in [4.69, 9.17) is 19.9 Å². The standard InChI is InChI=1S/C11H14BrNO4S.C10H18O5.C5H5BrN2O2S/c1-11(2,3)17-7(14)5-6-8(9(15)16-4)13-10(12)18-6;1-9(2,3)14-7(11)13-8(12)15-10(4,5)6;1-10-4(9)2-3(7)11-5(6)8-2/h5H2,1-4H3;1-6H3;7H2,1H3. The lowest BCUT2D eigenvalue weighted by molar-refractivity contribution is -0.153. The van der Waals surface area contributed by atoms with Crippen LogP contribution in [-0.4, -0.2) is 71.2 Å². The lowest BCUT2D eigenvalue weighted by Crippen LogP contribution is -2.29. The van der Waals surface area contributed by atoms with Gasteiger partial charge in [0.2, 0.25) is 0 Å². The maximum atomic E-state index is 11.7. The Morgan fingerprint density at radius 2 is 1.07 bits per heavy atom. The van der Waals surface area contributed by atoms with Crippen LogP contribution in [0.25, 0.3) is 0 Å². The topological polar surface area (TPSA) is 193 Å². The van der Waals surface area contributed by atoms with E-state index in [-0.39, 0.29) is 17.8 Å². The summed E-state index contributed by atoms with van der Waals surface area (Å²) in [6.45, 7) is 15.4. The van der Waals surface area contributed by atoms with Crippen molar-refractivity contribution in [3.05, 3.63) is 24.1 Å². The van der Waals surface area contributed by atoms with Crippen molar-refractivity contribution in [2.45, 2.75) is 85.5 Å². The number of esters is 3. The van der Waals surface area contributed by atoms with Crippen molar-refractivity contribution in [3.8, 4) is 0 Å². The van der Waals surface area contributed by atoms with Gasteiger partial charge in [-0.3, -0.25) is 4.79 Å². The van der Waals surface area contributed by atoms with Crippen molar-refractivity contribution in [2.24, 2.45) is 0 Å². The first-order valence-electron chi connectivity index (χ1n) is 12.5. The number of thiazole rings is 2. The van der Waals surface area contributed by atoms with E-state index >= 15 is 0 Å². The smallest absolute Gasteiger partial charge is 0.464 e. The van der Waals surface area contributed by atoms with Gasteiger partial charge in [-0.05, 0) is 94.2 Å². The number of rotatable bonds is 4. The SMILES string of the molecule is CC(C)(C)OC(=O)OC(=O)OC(C)(C)C.COC(=O)c1nc(Br)sc1CC(=O)OC(C)(C)C.COC(=O)c1nc(Br)sc1N. The second-order valence-electron chi connectivity index (χ2n) is 11.2. The van der Waals surface area contributed by atoms with Crippen LogP contribution in [0.15, 0.2) is 7.83 Å². The Labute approximate surface area is 280 Å². The Bertz CT molecular complexity index is 1280. The van der Waals surface area contributed by atoms with Gasteiger partial charge >= 0.3 is 30.2 Å². The Morgan fingerprint density at radius 3 is 1.43 bits per heavy atom. The summed E-state index contributed by atoms with van der Waals surface area (Å²) in [7, 11) is 2.56. The molecule has 0 amide bonds. The summed E-state index contributed by atoms with van der Waals surface area (Å²) >= 11 is 8.69. The molecule has 2 aromatic heterocycles. The zero-order valence-electron chi connectivity index (χ0n) is 26.2. The fourth-order valence-corrected chi connectivity index (χ4v) is 5.13. The largest absolute Gasteiger partial charge is 0.519 e. The number of ether oxygens (including phenoxy) is 6. The molecule has 2 heterocycles. The van der Waals surface area contributed by atoms with Crippen LogP contribution in [0.4, 0.5) is 14.6 Å². The van der Waals surface area contributed by atoms with E-state index in [9.17, 15) is 24.0 Å². The fourth-order valence-electron chi connectivity index (χ4n) is 2.37. The van der Waals surface area contributed by atoms with E-state index in [0.29, 0.717) is 17.7 Å². The minimum absolute atomic E-state index is 0.00493. The summed E-state index contributed by atoms with van der Waals surface area (Å²) in [6, 6.07) is 0. The second-order valence-corrected chi connectivity index (χ2v) is 15.9. The zero-order valence-corrected chi connectivity index (χ0v) is 31.0. The third-order valence-corrected chi connectivity index (χ3v) is 6.57. The van der Waals surface area contributed by atoms with Crippen molar-refractivity contribution in [3.63, 3.8) is 0 Å². The van der Waals surface area contributed by atoms with Crippen LogP contribution in [0.2, 0.25) is 0 Å². The molecule has 0 atom stereocenters. The first-order valence-corrected chi connectivity index (χ1v) is 15.7. The minimum Gasteiger partial charge on any atom is -0.464 e.